The third-order valence-electron chi connectivity index (χ3n) is 4.73. The second-order valence-corrected chi connectivity index (χ2v) is 6.41. The van der Waals surface area contributed by atoms with Gasteiger partial charge in [-0.2, -0.15) is 0 Å². The van der Waals surface area contributed by atoms with Crippen molar-refractivity contribution in [3.05, 3.63) is 53.6 Å². The van der Waals surface area contributed by atoms with Gasteiger partial charge in [0.05, 0.1) is 7.11 Å². The Labute approximate surface area is 142 Å². The van der Waals surface area contributed by atoms with Crippen LogP contribution in [0, 0.1) is 5.92 Å². The minimum atomic E-state index is 0.372. The molecule has 0 unspecified atom stereocenters. The highest BCUT2D eigenvalue weighted by Gasteiger charge is 2.32. The molecule has 4 nitrogen and oxygen atoms in total. The molecule has 4 heteroatoms. The Bertz CT molecular complexity index is 695. The van der Waals surface area contributed by atoms with Crippen molar-refractivity contribution in [3.8, 4) is 17.2 Å². The average molecular weight is 325 g/mol. The van der Waals surface area contributed by atoms with Crippen LogP contribution in [0.1, 0.15) is 30.0 Å². The number of benzene rings is 2. The summed E-state index contributed by atoms with van der Waals surface area (Å²) < 4.78 is 16.8. The zero-order valence-electron chi connectivity index (χ0n) is 14.0. The van der Waals surface area contributed by atoms with Crippen molar-refractivity contribution in [2.45, 2.75) is 25.4 Å². The normalized spacial score (nSPS) is 17.4. The van der Waals surface area contributed by atoms with Crippen molar-refractivity contribution in [1.82, 2.24) is 5.32 Å². The van der Waals surface area contributed by atoms with E-state index >= 15 is 0 Å². The third kappa shape index (κ3) is 3.20. The van der Waals surface area contributed by atoms with E-state index in [0.717, 1.165) is 35.3 Å². The van der Waals surface area contributed by atoms with Crippen LogP contribution in [0.25, 0.3) is 0 Å². The molecule has 0 amide bonds. The van der Waals surface area contributed by atoms with Gasteiger partial charge in [-0.3, -0.25) is 0 Å². The Hall–Kier alpha value is -2.20. The largest absolute Gasteiger partial charge is 0.497 e. The summed E-state index contributed by atoms with van der Waals surface area (Å²) in [6.45, 7) is 2.02. The maximum Gasteiger partial charge on any atom is 0.165 e. The molecular formula is C20H23NO3. The van der Waals surface area contributed by atoms with Crippen molar-refractivity contribution in [3.63, 3.8) is 0 Å². The minimum absolute atomic E-state index is 0.372. The molecule has 0 saturated heterocycles. The summed E-state index contributed by atoms with van der Waals surface area (Å²) in [5.74, 6) is 3.36. The van der Waals surface area contributed by atoms with E-state index in [-0.39, 0.29) is 0 Å². The number of hydrogen-bond acceptors (Lipinski definition) is 4. The molecule has 0 bridgehead atoms. The SMILES string of the molecule is COc1ccc([C@H](NCc2cccc3c2OCCO3)C2CC2)cc1. The Morgan fingerprint density at radius 2 is 1.88 bits per heavy atom. The molecule has 1 atom stereocenters. The van der Waals surface area contributed by atoms with E-state index in [9.17, 15) is 0 Å². The van der Waals surface area contributed by atoms with E-state index in [2.05, 4.69) is 23.5 Å². The second kappa shape index (κ2) is 6.73. The first-order valence-corrected chi connectivity index (χ1v) is 8.60. The predicted molar refractivity (Wildman–Crippen MR) is 92.7 cm³/mol. The molecule has 1 aliphatic carbocycles. The standard InChI is InChI=1S/C20H23NO3/c1-22-17-9-7-15(8-10-17)19(14-5-6-14)21-13-16-3-2-4-18-20(16)24-12-11-23-18/h2-4,7-10,14,19,21H,5-6,11-13H2,1H3/t19-/m1/s1. The first-order chi connectivity index (χ1) is 11.8. The Morgan fingerprint density at radius 3 is 2.62 bits per heavy atom. The van der Waals surface area contributed by atoms with Crippen LogP contribution in [0.15, 0.2) is 42.5 Å². The first kappa shape index (κ1) is 15.3. The molecule has 24 heavy (non-hydrogen) atoms. The monoisotopic (exact) mass is 325 g/mol. The third-order valence-corrected chi connectivity index (χ3v) is 4.73. The molecule has 1 saturated carbocycles. The van der Waals surface area contributed by atoms with Gasteiger partial charge in [-0.25, -0.2) is 0 Å². The summed E-state index contributed by atoms with van der Waals surface area (Å²) in [5, 5.41) is 3.73. The van der Waals surface area contributed by atoms with Gasteiger partial charge in [0.1, 0.15) is 19.0 Å². The van der Waals surface area contributed by atoms with Crippen LogP contribution < -0.4 is 19.5 Å². The molecule has 1 aliphatic heterocycles. The molecule has 126 valence electrons. The van der Waals surface area contributed by atoms with Gasteiger partial charge in [-0.1, -0.05) is 24.3 Å². The molecule has 1 fully saturated rings. The summed E-state index contributed by atoms with van der Waals surface area (Å²) in [6.07, 6.45) is 2.58. The lowest BCUT2D eigenvalue weighted by Gasteiger charge is -2.23. The van der Waals surface area contributed by atoms with Crippen molar-refractivity contribution in [1.29, 1.82) is 0 Å². The Morgan fingerprint density at radius 1 is 1.08 bits per heavy atom. The predicted octanol–water partition coefficient (Wildman–Crippen LogP) is 3.71. The fraction of sp³-hybridized carbons (Fsp3) is 0.400. The number of ether oxygens (including phenoxy) is 3. The molecule has 0 radical (unpaired) electrons. The zero-order chi connectivity index (χ0) is 16.4. The van der Waals surface area contributed by atoms with Crippen LogP contribution >= 0.6 is 0 Å². The van der Waals surface area contributed by atoms with E-state index < -0.39 is 0 Å². The molecule has 2 aromatic rings. The first-order valence-electron chi connectivity index (χ1n) is 8.60. The van der Waals surface area contributed by atoms with Gasteiger partial charge in [0, 0.05) is 18.2 Å². The summed E-state index contributed by atoms with van der Waals surface area (Å²) in [6, 6.07) is 14.9. The van der Waals surface area contributed by atoms with Crippen molar-refractivity contribution in [2.75, 3.05) is 20.3 Å². The highest BCUT2D eigenvalue weighted by molar-refractivity contribution is 5.47. The van der Waals surface area contributed by atoms with Gasteiger partial charge in [0.15, 0.2) is 11.5 Å². The van der Waals surface area contributed by atoms with Crippen LogP contribution in [-0.4, -0.2) is 20.3 Å². The average Bonchev–Trinajstić information content (AvgIpc) is 3.48. The van der Waals surface area contributed by atoms with Gasteiger partial charge in [-0.05, 0) is 42.5 Å². The molecule has 1 N–H and O–H groups in total. The van der Waals surface area contributed by atoms with E-state index in [4.69, 9.17) is 14.2 Å². The second-order valence-electron chi connectivity index (χ2n) is 6.41. The summed E-state index contributed by atoms with van der Waals surface area (Å²) >= 11 is 0. The van der Waals surface area contributed by atoms with E-state index in [0.29, 0.717) is 19.3 Å². The van der Waals surface area contributed by atoms with Gasteiger partial charge >= 0.3 is 0 Å². The summed E-state index contributed by atoms with van der Waals surface area (Å²) in [5.41, 5.74) is 2.48. The molecule has 0 aromatic heterocycles. The lowest BCUT2D eigenvalue weighted by atomic mass is 10.0. The quantitative estimate of drug-likeness (QED) is 0.879. The number of fused-ring (bicyclic) bond motifs is 1. The highest BCUT2D eigenvalue weighted by atomic mass is 16.6. The number of rotatable bonds is 6. The van der Waals surface area contributed by atoms with Gasteiger partial charge in [0.25, 0.3) is 0 Å². The van der Waals surface area contributed by atoms with Crippen LogP contribution in [-0.2, 0) is 6.54 Å². The maximum absolute atomic E-state index is 5.82. The molecular weight excluding hydrogens is 302 g/mol. The van der Waals surface area contributed by atoms with Crippen molar-refractivity contribution < 1.29 is 14.2 Å². The molecule has 1 heterocycles. The topological polar surface area (TPSA) is 39.7 Å². The molecule has 0 spiro atoms. The maximum atomic E-state index is 5.82. The lowest BCUT2D eigenvalue weighted by Crippen LogP contribution is -2.24. The summed E-state index contributed by atoms with van der Waals surface area (Å²) in [7, 11) is 1.70. The van der Waals surface area contributed by atoms with E-state index in [1.165, 1.54) is 18.4 Å². The van der Waals surface area contributed by atoms with Crippen LogP contribution in [0.3, 0.4) is 0 Å². The number of methoxy groups -OCH3 is 1. The molecule has 2 aromatic carbocycles. The van der Waals surface area contributed by atoms with Gasteiger partial charge < -0.3 is 19.5 Å². The highest BCUT2D eigenvalue weighted by Crippen LogP contribution is 2.42. The van der Waals surface area contributed by atoms with E-state index in [1.807, 2.05) is 24.3 Å². The Balaban J connectivity index is 1.50. The fourth-order valence-electron chi connectivity index (χ4n) is 3.29. The van der Waals surface area contributed by atoms with Crippen molar-refractivity contribution >= 4 is 0 Å². The number of para-hydroxylation sites is 1. The van der Waals surface area contributed by atoms with Crippen molar-refractivity contribution in [2.24, 2.45) is 5.92 Å². The molecule has 2 aliphatic rings. The van der Waals surface area contributed by atoms with Crippen LogP contribution in [0.4, 0.5) is 0 Å². The summed E-state index contributed by atoms with van der Waals surface area (Å²) in [4.78, 5) is 0. The number of nitrogens with one attached hydrogen (secondary N) is 1. The van der Waals surface area contributed by atoms with E-state index in [1.54, 1.807) is 7.11 Å². The number of hydrogen-bond donors (Lipinski definition) is 1. The minimum Gasteiger partial charge on any atom is -0.497 e. The van der Waals surface area contributed by atoms with Crippen LogP contribution in [0.2, 0.25) is 0 Å². The Kier molecular flexibility index (Phi) is 4.30. The smallest absolute Gasteiger partial charge is 0.165 e. The fourth-order valence-corrected chi connectivity index (χ4v) is 3.29. The van der Waals surface area contributed by atoms with Crippen LogP contribution in [0.5, 0.6) is 17.2 Å². The van der Waals surface area contributed by atoms with Gasteiger partial charge in [-0.15, -0.1) is 0 Å². The van der Waals surface area contributed by atoms with Gasteiger partial charge in [0.2, 0.25) is 0 Å². The molecule has 4 rings (SSSR count). The lowest BCUT2D eigenvalue weighted by molar-refractivity contribution is 0.169. The zero-order valence-corrected chi connectivity index (χ0v) is 14.0.